The Bertz CT molecular complexity index is 745. The molecule has 2 rings (SSSR count). The van der Waals surface area contributed by atoms with Crippen molar-refractivity contribution < 1.29 is 14.2 Å². The van der Waals surface area contributed by atoms with E-state index in [1.807, 2.05) is 42.7 Å². The van der Waals surface area contributed by atoms with E-state index in [-0.39, 0.29) is 6.10 Å². The zero-order valence-electron chi connectivity index (χ0n) is 18.4. The lowest BCUT2D eigenvalue weighted by atomic mass is 10.3. The third kappa shape index (κ3) is 8.79. The molecule has 1 heterocycles. The van der Waals surface area contributed by atoms with Gasteiger partial charge in [0.2, 0.25) is 0 Å². The monoisotopic (exact) mass is 418 g/mol. The molecule has 0 unspecified atom stereocenters. The molecule has 9 heteroatoms. The van der Waals surface area contributed by atoms with Crippen molar-refractivity contribution >= 4 is 11.6 Å². The second-order valence-electron chi connectivity index (χ2n) is 6.90. The van der Waals surface area contributed by atoms with Gasteiger partial charge in [0.05, 0.1) is 19.3 Å². The highest BCUT2D eigenvalue weighted by Gasteiger charge is 2.05. The Morgan fingerprint density at radius 3 is 2.67 bits per heavy atom. The van der Waals surface area contributed by atoms with Gasteiger partial charge in [-0.2, -0.15) is 0 Å². The predicted molar refractivity (Wildman–Crippen MR) is 118 cm³/mol. The topological polar surface area (TPSA) is 94.8 Å². The van der Waals surface area contributed by atoms with Crippen LogP contribution in [0.25, 0.3) is 0 Å². The summed E-state index contributed by atoms with van der Waals surface area (Å²) in [6, 6.07) is 7.82. The average Bonchev–Trinajstić information content (AvgIpc) is 3.19. The molecular formula is C21H34N6O3. The average molecular weight is 419 g/mol. The second kappa shape index (κ2) is 13.6. The van der Waals surface area contributed by atoms with Crippen LogP contribution in [0, 0.1) is 0 Å². The van der Waals surface area contributed by atoms with Gasteiger partial charge in [-0.05, 0) is 51.5 Å². The zero-order chi connectivity index (χ0) is 21.6. The fourth-order valence-electron chi connectivity index (χ4n) is 2.61. The molecule has 0 saturated carbocycles. The number of hydrogen-bond donors (Lipinski definition) is 2. The minimum absolute atomic E-state index is 0.143. The third-order valence-corrected chi connectivity index (χ3v) is 4.09. The maximum atomic E-state index is 5.70. The number of aliphatic imine (C=N–C) groups is 1. The zero-order valence-corrected chi connectivity index (χ0v) is 18.4. The molecule has 1 aromatic heterocycles. The number of methoxy groups -OCH3 is 1. The van der Waals surface area contributed by atoms with Gasteiger partial charge in [-0.1, -0.05) is 0 Å². The van der Waals surface area contributed by atoms with Crippen LogP contribution < -0.4 is 15.4 Å². The second-order valence-corrected chi connectivity index (χ2v) is 6.90. The van der Waals surface area contributed by atoms with E-state index in [0.29, 0.717) is 32.3 Å². The summed E-state index contributed by atoms with van der Waals surface area (Å²) < 4.78 is 18.2. The SMILES string of the molecule is CCn1cnnc1CN=C(NCCCOCCOC)Nc1ccc(OC(C)C)cc1. The van der Waals surface area contributed by atoms with E-state index in [9.17, 15) is 0 Å². The summed E-state index contributed by atoms with van der Waals surface area (Å²) in [5, 5.41) is 14.8. The van der Waals surface area contributed by atoms with E-state index in [2.05, 4.69) is 32.7 Å². The minimum atomic E-state index is 0.143. The molecule has 0 radical (unpaired) electrons. The number of hydrogen-bond acceptors (Lipinski definition) is 6. The first-order chi connectivity index (χ1) is 14.6. The van der Waals surface area contributed by atoms with Gasteiger partial charge < -0.3 is 29.4 Å². The minimum Gasteiger partial charge on any atom is -0.491 e. The highest BCUT2D eigenvalue weighted by atomic mass is 16.5. The van der Waals surface area contributed by atoms with Crippen LogP contribution in [0.4, 0.5) is 5.69 Å². The van der Waals surface area contributed by atoms with Crippen LogP contribution in [0.3, 0.4) is 0 Å². The van der Waals surface area contributed by atoms with Crippen molar-refractivity contribution in [2.75, 3.05) is 38.8 Å². The maximum Gasteiger partial charge on any atom is 0.196 e. The number of aromatic nitrogens is 3. The number of nitrogens with zero attached hydrogens (tertiary/aromatic N) is 4. The lowest BCUT2D eigenvalue weighted by molar-refractivity contribution is 0.0699. The van der Waals surface area contributed by atoms with Crippen molar-refractivity contribution in [3.63, 3.8) is 0 Å². The molecule has 0 spiro atoms. The normalized spacial score (nSPS) is 11.7. The van der Waals surface area contributed by atoms with Crippen LogP contribution in [0.5, 0.6) is 5.75 Å². The van der Waals surface area contributed by atoms with E-state index in [4.69, 9.17) is 14.2 Å². The Hall–Kier alpha value is -2.65. The summed E-state index contributed by atoms with van der Waals surface area (Å²) in [6.45, 7) is 9.92. The first-order valence-electron chi connectivity index (χ1n) is 10.4. The van der Waals surface area contributed by atoms with Gasteiger partial charge >= 0.3 is 0 Å². The fraction of sp³-hybridized carbons (Fsp3) is 0.571. The molecule has 0 aliphatic carbocycles. The number of benzene rings is 1. The smallest absolute Gasteiger partial charge is 0.196 e. The molecule has 0 aliphatic heterocycles. The van der Waals surface area contributed by atoms with E-state index in [0.717, 1.165) is 36.8 Å². The molecule has 30 heavy (non-hydrogen) atoms. The highest BCUT2D eigenvalue weighted by molar-refractivity contribution is 5.93. The first-order valence-corrected chi connectivity index (χ1v) is 10.4. The lowest BCUT2D eigenvalue weighted by Crippen LogP contribution is -2.32. The highest BCUT2D eigenvalue weighted by Crippen LogP contribution is 2.17. The van der Waals surface area contributed by atoms with Crippen molar-refractivity contribution in [1.82, 2.24) is 20.1 Å². The van der Waals surface area contributed by atoms with Crippen molar-refractivity contribution in [3.05, 3.63) is 36.4 Å². The largest absolute Gasteiger partial charge is 0.491 e. The molecule has 0 atom stereocenters. The quantitative estimate of drug-likeness (QED) is 0.293. The molecular weight excluding hydrogens is 384 g/mol. The van der Waals surface area contributed by atoms with Crippen LogP contribution in [0.1, 0.15) is 33.0 Å². The Morgan fingerprint density at radius 1 is 1.17 bits per heavy atom. The standard InChI is InChI=1S/C21H34N6O3/c1-5-27-16-24-26-20(27)15-23-21(22-11-6-12-29-14-13-28-4)25-18-7-9-19(10-8-18)30-17(2)3/h7-10,16-17H,5-6,11-15H2,1-4H3,(H2,22,23,25). The number of anilines is 1. The van der Waals surface area contributed by atoms with Crippen molar-refractivity contribution in [1.29, 1.82) is 0 Å². The molecule has 2 aromatic rings. The number of aryl methyl sites for hydroxylation is 1. The predicted octanol–water partition coefficient (Wildman–Crippen LogP) is 2.70. The summed E-state index contributed by atoms with van der Waals surface area (Å²) in [6.07, 6.45) is 2.72. The van der Waals surface area contributed by atoms with Crippen molar-refractivity contribution in [2.45, 2.75) is 46.4 Å². The third-order valence-electron chi connectivity index (χ3n) is 4.09. The number of rotatable bonds is 13. The Morgan fingerprint density at radius 2 is 1.97 bits per heavy atom. The van der Waals surface area contributed by atoms with Crippen LogP contribution in [-0.2, 0) is 22.6 Å². The maximum absolute atomic E-state index is 5.70. The van der Waals surface area contributed by atoms with Crippen LogP contribution in [0.2, 0.25) is 0 Å². The summed E-state index contributed by atoms with van der Waals surface area (Å²) in [5.41, 5.74) is 0.922. The van der Waals surface area contributed by atoms with Gasteiger partial charge in [0.1, 0.15) is 18.6 Å². The molecule has 2 N–H and O–H groups in total. The van der Waals surface area contributed by atoms with Gasteiger partial charge in [-0.25, -0.2) is 4.99 Å². The van der Waals surface area contributed by atoms with E-state index in [1.165, 1.54) is 0 Å². The Kier molecular flexibility index (Phi) is 10.7. The Labute approximate surface area is 178 Å². The van der Waals surface area contributed by atoms with Crippen molar-refractivity contribution in [2.24, 2.45) is 4.99 Å². The van der Waals surface area contributed by atoms with E-state index < -0.39 is 0 Å². The van der Waals surface area contributed by atoms with Crippen LogP contribution in [0.15, 0.2) is 35.6 Å². The molecule has 1 aromatic carbocycles. The summed E-state index contributed by atoms with van der Waals surface area (Å²) in [5.74, 6) is 2.34. The summed E-state index contributed by atoms with van der Waals surface area (Å²) >= 11 is 0. The van der Waals surface area contributed by atoms with Gasteiger partial charge in [0.15, 0.2) is 11.8 Å². The molecule has 0 bridgehead atoms. The Balaban J connectivity index is 1.94. The molecule has 9 nitrogen and oxygen atoms in total. The molecule has 166 valence electrons. The number of guanidine groups is 1. The molecule has 0 fully saturated rings. The first kappa shape index (κ1) is 23.6. The lowest BCUT2D eigenvalue weighted by Gasteiger charge is -2.14. The van der Waals surface area contributed by atoms with Gasteiger partial charge in [-0.3, -0.25) is 0 Å². The summed E-state index contributed by atoms with van der Waals surface area (Å²) in [7, 11) is 1.67. The molecule has 0 aliphatic rings. The summed E-state index contributed by atoms with van der Waals surface area (Å²) in [4.78, 5) is 4.67. The van der Waals surface area contributed by atoms with Crippen LogP contribution >= 0.6 is 0 Å². The molecule has 0 saturated heterocycles. The van der Waals surface area contributed by atoms with Gasteiger partial charge in [0, 0.05) is 32.5 Å². The van der Waals surface area contributed by atoms with Gasteiger partial charge in [0.25, 0.3) is 0 Å². The van der Waals surface area contributed by atoms with Gasteiger partial charge in [-0.15, -0.1) is 10.2 Å². The fourth-order valence-corrected chi connectivity index (χ4v) is 2.61. The number of nitrogens with one attached hydrogen (secondary N) is 2. The van der Waals surface area contributed by atoms with E-state index in [1.54, 1.807) is 13.4 Å². The molecule has 0 amide bonds. The number of ether oxygens (including phenoxy) is 3. The van der Waals surface area contributed by atoms with Crippen LogP contribution in [-0.4, -0.2) is 60.3 Å². The van der Waals surface area contributed by atoms with E-state index >= 15 is 0 Å². The van der Waals surface area contributed by atoms with Crippen molar-refractivity contribution in [3.8, 4) is 5.75 Å².